The summed E-state index contributed by atoms with van der Waals surface area (Å²) in [6, 6.07) is 8.86. The average Bonchev–Trinajstić information content (AvgIpc) is 3.42. The first-order valence-electron chi connectivity index (χ1n) is 10.6. The van der Waals surface area contributed by atoms with Crippen molar-refractivity contribution in [3.63, 3.8) is 0 Å². The Bertz CT molecular complexity index is 719. The van der Waals surface area contributed by atoms with Gasteiger partial charge in [-0.15, -0.1) is 0 Å². The SMILES string of the molecule is O=C(O)C[C@H]1CC[C@@H](CNC(=O)CN2CCc3ccccc3C2)N1CC1CC1. The molecule has 152 valence electrons. The Balaban J connectivity index is 1.26. The number of aliphatic carboxylic acids is 1. The van der Waals surface area contributed by atoms with E-state index in [-0.39, 0.29) is 24.4 Å². The summed E-state index contributed by atoms with van der Waals surface area (Å²) in [5.41, 5.74) is 2.72. The van der Waals surface area contributed by atoms with Crippen molar-refractivity contribution in [1.29, 1.82) is 0 Å². The summed E-state index contributed by atoms with van der Waals surface area (Å²) in [7, 11) is 0. The van der Waals surface area contributed by atoms with E-state index < -0.39 is 5.97 Å². The molecule has 6 nitrogen and oxygen atoms in total. The maximum absolute atomic E-state index is 12.5. The highest BCUT2D eigenvalue weighted by Crippen LogP contribution is 2.35. The topological polar surface area (TPSA) is 72.9 Å². The lowest BCUT2D eigenvalue weighted by atomic mass is 10.00. The molecule has 0 aromatic heterocycles. The summed E-state index contributed by atoms with van der Waals surface area (Å²) in [6.07, 6.45) is 5.62. The lowest BCUT2D eigenvalue weighted by Crippen LogP contribution is -2.47. The second-order valence-corrected chi connectivity index (χ2v) is 8.66. The Hall–Kier alpha value is -1.92. The molecule has 1 aromatic carbocycles. The zero-order chi connectivity index (χ0) is 19.5. The molecule has 2 N–H and O–H groups in total. The molecule has 2 atom stereocenters. The lowest BCUT2D eigenvalue weighted by molar-refractivity contribution is -0.138. The Morgan fingerprint density at radius 3 is 2.57 bits per heavy atom. The van der Waals surface area contributed by atoms with E-state index in [0.29, 0.717) is 13.1 Å². The molecule has 2 fully saturated rings. The van der Waals surface area contributed by atoms with Crippen molar-refractivity contribution in [3.05, 3.63) is 35.4 Å². The molecule has 28 heavy (non-hydrogen) atoms. The molecule has 3 aliphatic rings. The van der Waals surface area contributed by atoms with E-state index in [0.717, 1.165) is 44.8 Å². The van der Waals surface area contributed by atoms with Crippen LogP contribution >= 0.6 is 0 Å². The molecule has 0 spiro atoms. The van der Waals surface area contributed by atoms with Crippen LogP contribution in [0, 0.1) is 5.92 Å². The van der Waals surface area contributed by atoms with Gasteiger partial charge in [-0.05, 0) is 49.1 Å². The van der Waals surface area contributed by atoms with Gasteiger partial charge in [0.2, 0.25) is 5.91 Å². The van der Waals surface area contributed by atoms with Crippen LogP contribution in [-0.4, -0.2) is 65.0 Å². The van der Waals surface area contributed by atoms with E-state index >= 15 is 0 Å². The molecular formula is C22H31N3O3. The summed E-state index contributed by atoms with van der Waals surface area (Å²) in [5, 5.41) is 12.3. The van der Waals surface area contributed by atoms with E-state index in [1.165, 1.54) is 24.0 Å². The van der Waals surface area contributed by atoms with Gasteiger partial charge in [-0.3, -0.25) is 19.4 Å². The largest absolute Gasteiger partial charge is 0.481 e. The molecular weight excluding hydrogens is 354 g/mol. The number of amides is 1. The second-order valence-electron chi connectivity index (χ2n) is 8.66. The van der Waals surface area contributed by atoms with Gasteiger partial charge in [0.15, 0.2) is 0 Å². The summed E-state index contributed by atoms with van der Waals surface area (Å²) in [5.74, 6) is 0.0781. The van der Waals surface area contributed by atoms with Gasteiger partial charge in [-0.25, -0.2) is 0 Å². The minimum atomic E-state index is -0.721. The average molecular weight is 386 g/mol. The number of fused-ring (bicyclic) bond motifs is 1. The molecule has 0 radical (unpaired) electrons. The molecule has 1 amide bonds. The van der Waals surface area contributed by atoms with Gasteiger partial charge in [0.1, 0.15) is 0 Å². The number of nitrogens with one attached hydrogen (secondary N) is 1. The van der Waals surface area contributed by atoms with Crippen LogP contribution in [0.3, 0.4) is 0 Å². The van der Waals surface area contributed by atoms with Crippen molar-refractivity contribution in [1.82, 2.24) is 15.1 Å². The van der Waals surface area contributed by atoms with E-state index in [4.69, 9.17) is 0 Å². The summed E-state index contributed by atoms with van der Waals surface area (Å²) in [4.78, 5) is 28.3. The molecule has 2 heterocycles. The minimum absolute atomic E-state index is 0.0763. The van der Waals surface area contributed by atoms with Gasteiger partial charge in [0, 0.05) is 38.3 Å². The highest BCUT2D eigenvalue weighted by atomic mass is 16.4. The van der Waals surface area contributed by atoms with Crippen molar-refractivity contribution in [2.75, 3.05) is 26.2 Å². The first-order chi connectivity index (χ1) is 13.6. The molecule has 0 unspecified atom stereocenters. The van der Waals surface area contributed by atoms with Crippen LogP contribution < -0.4 is 5.32 Å². The molecule has 1 aromatic rings. The molecule has 1 aliphatic carbocycles. The van der Waals surface area contributed by atoms with Crippen molar-refractivity contribution in [2.45, 2.75) is 57.2 Å². The maximum atomic E-state index is 12.5. The van der Waals surface area contributed by atoms with E-state index in [9.17, 15) is 14.7 Å². The smallest absolute Gasteiger partial charge is 0.304 e. The first kappa shape index (κ1) is 19.4. The number of carboxylic acid groups (broad SMARTS) is 1. The Morgan fingerprint density at radius 1 is 1.07 bits per heavy atom. The van der Waals surface area contributed by atoms with Gasteiger partial charge in [0.25, 0.3) is 0 Å². The van der Waals surface area contributed by atoms with Gasteiger partial charge >= 0.3 is 5.97 Å². The monoisotopic (exact) mass is 385 g/mol. The van der Waals surface area contributed by atoms with E-state index in [1.807, 2.05) is 0 Å². The van der Waals surface area contributed by atoms with Crippen LogP contribution in [0.25, 0.3) is 0 Å². The second kappa shape index (κ2) is 8.62. The van der Waals surface area contributed by atoms with Crippen LogP contribution in [-0.2, 0) is 22.6 Å². The fraction of sp³-hybridized carbons (Fsp3) is 0.636. The van der Waals surface area contributed by atoms with E-state index in [1.54, 1.807) is 0 Å². The minimum Gasteiger partial charge on any atom is -0.481 e. The Kier molecular flexibility index (Phi) is 5.97. The standard InChI is InChI=1S/C22H31N3O3/c26-21(15-24-10-9-17-3-1-2-4-18(17)14-24)23-12-20-8-7-19(11-22(27)28)25(20)13-16-5-6-16/h1-4,16,19-20H,5-15H2,(H,23,26)(H,27,28)/t19-,20+/m1/s1. The van der Waals surface area contributed by atoms with Crippen LogP contribution in [0.5, 0.6) is 0 Å². The third-order valence-electron chi connectivity index (χ3n) is 6.46. The number of likely N-dealkylation sites (tertiary alicyclic amines) is 1. The van der Waals surface area contributed by atoms with Crippen LogP contribution in [0.2, 0.25) is 0 Å². The molecule has 0 bridgehead atoms. The van der Waals surface area contributed by atoms with Crippen molar-refractivity contribution in [3.8, 4) is 0 Å². The lowest BCUT2D eigenvalue weighted by Gasteiger charge is -2.31. The summed E-state index contributed by atoms with van der Waals surface area (Å²) in [6.45, 7) is 3.81. The highest BCUT2D eigenvalue weighted by Gasteiger charge is 2.38. The van der Waals surface area contributed by atoms with E-state index in [2.05, 4.69) is 39.4 Å². The zero-order valence-corrected chi connectivity index (χ0v) is 16.5. The Morgan fingerprint density at radius 2 is 1.82 bits per heavy atom. The van der Waals surface area contributed by atoms with Crippen molar-refractivity contribution >= 4 is 11.9 Å². The fourth-order valence-corrected chi connectivity index (χ4v) is 4.73. The normalized spacial score (nSPS) is 25.4. The third-order valence-corrected chi connectivity index (χ3v) is 6.46. The number of hydrogen-bond donors (Lipinski definition) is 2. The van der Waals surface area contributed by atoms with Crippen LogP contribution in [0.15, 0.2) is 24.3 Å². The molecule has 4 rings (SSSR count). The predicted molar refractivity (Wildman–Crippen MR) is 107 cm³/mol. The van der Waals surface area contributed by atoms with Gasteiger partial charge in [-0.1, -0.05) is 24.3 Å². The number of hydrogen-bond acceptors (Lipinski definition) is 4. The number of carboxylic acids is 1. The van der Waals surface area contributed by atoms with Crippen molar-refractivity contribution < 1.29 is 14.7 Å². The number of nitrogens with zero attached hydrogens (tertiary/aromatic N) is 2. The zero-order valence-electron chi connectivity index (χ0n) is 16.5. The number of carbonyl (C=O) groups is 2. The van der Waals surface area contributed by atoms with Crippen LogP contribution in [0.4, 0.5) is 0 Å². The molecule has 6 heteroatoms. The highest BCUT2D eigenvalue weighted by molar-refractivity contribution is 5.78. The summed E-state index contributed by atoms with van der Waals surface area (Å²) >= 11 is 0. The third kappa shape index (κ3) is 4.92. The molecule has 1 saturated heterocycles. The Labute approximate surface area is 166 Å². The van der Waals surface area contributed by atoms with Crippen LogP contribution in [0.1, 0.15) is 43.2 Å². The first-order valence-corrected chi connectivity index (χ1v) is 10.6. The van der Waals surface area contributed by atoms with Crippen molar-refractivity contribution in [2.24, 2.45) is 5.92 Å². The fourth-order valence-electron chi connectivity index (χ4n) is 4.73. The maximum Gasteiger partial charge on any atom is 0.304 e. The number of rotatable bonds is 8. The van der Waals surface area contributed by atoms with Gasteiger partial charge < -0.3 is 10.4 Å². The number of benzene rings is 1. The van der Waals surface area contributed by atoms with Gasteiger partial charge in [-0.2, -0.15) is 0 Å². The van der Waals surface area contributed by atoms with Gasteiger partial charge in [0.05, 0.1) is 13.0 Å². The number of carbonyl (C=O) groups excluding carboxylic acids is 1. The quantitative estimate of drug-likeness (QED) is 0.715. The summed E-state index contributed by atoms with van der Waals surface area (Å²) < 4.78 is 0. The molecule has 1 saturated carbocycles. The molecule has 2 aliphatic heterocycles. The predicted octanol–water partition coefficient (Wildman–Crippen LogP) is 1.88.